The van der Waals surface area contributed by atoms with E-state index in [0.29, 0.717) is 18.7 Å². The van der Waals surface area contributed by atoms with Gasteiger partial charge in [-0.15, -0.1) is 0 Å². The van der Waals surface area contributed by atoms with Crippen molar-refractivity contribution in [1.29, 1.82) is 0 Å². The van der Waals surface area contributed by atoms with Crippen molar-refractivity contribution in [1.82, 2.24) is 4.81 Å². The van der Waals surface area contributed by atoms with Gasteiger partial charge in [-0.05, 0) is 30.7 Å². The van der Waals surface area contributed by atoms with E-state index in [1.807, 2.05) is 41.5 Å². The molecular formula is C18H31BF3NO. The zero-order valence-electron chi connectivity index (χ0n) is 15.8. The van der Waals surface area contributed by atoms with Crippen LogP contribution in [0.2, 0.25) is 0 Å². The molecule has 1 atom stereocenters. The summed E-state index contributed by atoms with van der Waals surface area (Å²) in [6, 6.07) is 5.19. The summed E-state index contributed by atoms with van der Waals surface area (Å²) < 4.78 is 43.4. The lowest BCUT2D eigenvalue weighted by Gasteiger charge is -2.23. The molecule has 1 unspecified atom stereocenters. The molecule has 0 aliphatic carbocycles. The minimum atomic E-state index is -4.32. The Balaban J connectivity index is 0. The van der Waals surface area contributed by atoms with Gasteiger partial charge in [-0.2, -0.15) is 13.2 Å². The molecule has 2 nitrogen and oxygen atoms in total. The van der Waals surface area contributed by atoms with Gasteiger partial charge in [-0.3, -0.25) is 0 Å². The molecule has 0 bridgehead atoms. The maximum absolute atomic E-state index is 12.6. The molecule has 138 valence electrons. The maximum Gasteiger partial charge on any atom is 0.416 e. The largest absolute Gasteiger partial charge is 0.416 e. The zero-order valence-corrected chi connectivity index (χ0v) is 15.8. The van der Waals surface area contributed by atoms with Gasteiger partial charge in [-0.25, -0.2) is 0 Å². The highest BCUT2D eigenvalue weighted by Crippen LogP contribution is 2.29. The minimum Gasteiger partial charge on any atom is -0.372 e. The van der Waals surface area contributed by atoms with Crippen LogP contribution < -0.4 is 0 Å². The topological polar surface area (TPSA) is 12.5 Å². The molecule has 6 heteroatoms. The number of halogens is 3. The smallest absolute Gasteiger partial charge is 0.372 e. The van der Waals surface area contributed by atoms with Crippen molar-refractivity contribution in [2.45, 2.75) is 66.9 Å². The molecule has 0 aliphatic heterocycles. The second-order valence-corrected chi connectivity index (χ2v) is 4.63. The average Bonchev–Trinajstić information content (AvgIpc) is 2.61. The first-order chi connectivity index (χ1) is 11.4. The molecule has 0 spiro atoms. The molecule has 0 aliphatic rings. The van der Waals surface area contributed by atoms with E-state index in [2.05, 4.69) is 0 Å². The molecule has 0 saturated carbocycles. The Bertz CT molecular complexity index is 413. The van der Waals surface area contributed by atoms with Gasteiger partial charge in [0.05, 0.1) is 18.3 Å². The van der Waals surface area contributed by atoms with Crippen LogP contribution in [0.15, 0.2) is 24.3 Å². The summed E-state index contributed by atoms with van der Waals surface area (Å²) in [6.07, 6.45) is -3.65. The van der Waals surface area contributed by atoms with Crippen molar-refractivity contribution in [3.05, 3.63) is 35.4 Å². The lowest BCUT2D eigenvalue weighted by atomic mass is 10.1. The highest BCUT2D eigenvalue weighted by molar-refractivity contribution is 6.04. The second-order valence-electron chi connectivity index (χ2n) is 4.63. The number of hydrogen-bond acceptors (Lipinski definition) is 2. The van der Waals surface area contributed by atoms with Gasteiger partial charge in [-0.1, -0.05) is 53.7 Å². The predicted molar refractivity (Wildman–Crippen MR) is 96.0 cm³/mol. The molecule has 0 aromatic heterocycles. The number of rotatable bonds is 7. The number of alkyl halides is 3. The standard InChI is InChI=1S/C14H19BF3NO.2C2H6/c1-3-13(9-19(15)4-2)20-10-11-6-5-7-12(8-11)14(16,17)18;2*1-2/h5-8,13H,3-4,9-10H2,1-2H3;2*1-2H3. The van der Waals surface area contributed by atoms with E-state index in [4.69, 9.17) is 12.7 Å². The Morgan fingerprint density at radius 3 is 2.17 bits per heavy atom. The third kappa shape index (κ3) is 10.7. The highest BCUT2D eigenvalue weighted by atomic mass is 19.4. The lowest BCUT2D eigenvalue weighted by molar-refractivity contribution is -0.137. The van der Waals surface area contributed by atoms with E-state index < -0.39 is 11.7 Å². The zero-order chi connectivity index (χ0) is 19.2. The van der Waals surface area contributed by atoms with Crippen LogP contribution in [-0.4, -0.2) is 32.0 Å². The van der Waals surface area contributed by atoms with Gasteiger partial charge in [0.1, 0.15) is 0 Å². The molecule has 0 N–H and O–H groups in total. The van der Waals surface area contributed by atoms with Gasteiger partial charge in [0, 0.05) is 6.54 Å². The third-order valence-electron chi connectivity index (χ3n) is 3.04. The van der Waals surface area contributed by atoms with Crippen molar-refractivity contribution in [3.63, 3.8) is 0 Å². The predicted octanol–water partition coefficient (Wildman–Crippen LogP) is 5.46. The van der Waals surface area contributed by atoms with Crippen molar-refractivity contribution in [2.75, 3.05) is 13.1 Å². The number of benzene rings is 1. The van der Waals surface area contributed by atoms with Gasteiger partial charge in [0.15, 0.2) is 7.98 Å². The Hall–Kier alpha value is -1.01. The normalized spacial score (nSPS) is 11.9. The van der Waals surface area contributed by atoms with E-state index in [1.54, 1.807) is 10.9 Å². The fourth-order valence-corrected chi connectivity index (χ4v) is 1.74. The van der Waals surface area contributed by atoms with Gasteiger partial charge in [0.25, 0.3) is 0 Å². The van der Waals surface area contributed by atoms with Crippen molar-refractivity contribution in [3.8, 4) is 0 Å². The first-order valence-corrected chi connectivity index (χ1v) is 8.64. The SMILES string of the molecule is CC.CC.[B]N(CC)CC(CC)OCc1cccc(C(F)(F)F)c1. The molecule has 1 aromatic carbocycles. The fraction of sp³-hybridized carbons (Fsp3) is 0.667. The van der Waals surface area contributed by atoms with E-state index in [-0.39, 0.29) is 12.7 Å². The summed E-state index contributed by atoms with van der Waals surface area (Å²) in [5, 5.41) is 0. The molecule has 1 aromatic rings. The van der Waals surface area contributed by atoms with Crippen molar-refractivity contribution in [2.24, 2.45) is 0 Å². The first-order valence-electron chi connectivity index (χ1n) is 8.64. The molecule has 0 heterocycles. The average molecular weight is 345 g/mol. The van der Waals surface area contributed by atoms with Crippen molar-refractivity contribution < 1.29 is 17.9 Å². The number of ether oxygens (including phenoxy) is 1. The molecule has 2 radical (unpaired) electrons. The van der Waals surface area contributed by atoms with Crippen LogP contribution >= 0.6 is 0 Å². The molecule has 24 heavy (non-hydrogen) atoms. The van der Waals surface area contributed by atoms with Crippen LogP contribution in [0, 0.1) is 0 Å². The Kier molecular flexibility index (Phi) is 15.1. The van der Waals surface area contributed by atoms with Gasteiger partial charge in [0.2, 0.25) is 0 Å². The van der Waals surface area contributed by atoms with Crippen LogP contribution in [-0.2, 0) is 17.5 Å². The summed E-state index contributed by atoms with van der Waals surface area (Å²) in [4.78, 5) is 1.63. The lowest BCUT2D eigenvalue weighted by Crippen LogP contribution is -2.31. The van der Waals surface area contributed by atoms with Crippen LogP contribution in [0.1, 0.15) is 59.1 Å². The van der Waals surface area contributed by atoms with Crippen LogP contribution in [0.5, 0.6) is 0 Å². The summed E-state index contributed by atoms with van der Waals surface area (Å²) in [5.74, 6) is 0. The van der Waals surface area contributed by atoms with Crippen LogP contribution in [0.4, 0.5) is 13.2 Å². The number of likely N-dealkylation sites (N-methyl/N-ethyl adjacent to an activating group) is 1. The Morgan fingerprint density at radius 2 is 1.71 bits per heavy atom. The Labute approximate surface area is 146 Å². The van der Waals surface area contributed by atoms with Gasteiger partial charge >= 0.3 is 6.18 Å². The fourth-order valence-electron chi connectivity index (χ4n) is 1.74. The highest BCUT2D eigenvalue weighted by Gasteiger charge is 2.30. The van der Waals surface area contributed by atoms with E-state index in [0.717, 1.165) is 18.6 Å². The third-order valence-corrected chi connectivity index (χ3v) is 3.04. The molecular weight excluding hydrogens is 314 g/mol. The van der Waals surface area contributed by atoms with Crippen molar-refractivity contribution >= 4 is 7.98 Å². The number of nitrogens with zero attached hydrogens (tertiary/aromatic N) is 1. The first kappa shape index (κ1) is 25.2. The minimum absolute atomic E-state index is 0.0884. The van der Waals surface area contributed by atoms with Crippen LogP contribution in [0.3, 0.4) is 0 Å². The van der Waals surface area contributed by atoms with E-state index in [1.165, 1.54) is 6.07 Å². The van der Waals surface area contributed by atoms with Crippen LogP contribution in [0.25, 0.3) is 0 Å². The number of hydrogen-bond donors (Lipinski definition) is 0. The summed E-state index contributed by atoms with van der Waals surface area (Å²) in [7, 11) is 5.70. The Morgan fingerprint density at radius 1 is 1.12 bits per heavy atom. The summed E-state index contributed by atoms with van der Waals surface area (Å²) in [5.41, 5.74) is -0.140. The quantitative estimate of drug-likeness (QED) is 0.609. The molecule has 0 fully saturated rings. The summed E-state index contributed by atoms with van der Waals surface area (Å²) in [6.45, 7) is 13.3. The molecule has 0 saturated heterocycles. The molecule has 1 rings (SSSR count). The van der Waals surface area contributed by atoms with E-state index >= 15 is 0 Å². The maximum atomic E-state index is 12.6. The second kappa shape index (κ2) is 14.3. The summed E-state index contributed by atoms with van der Waals surface area (Å²) >= 11 is 0. The van der Waals surface area contributed by atoms with E-state index in [9.17, 15) is 13.2 Å². The monoisotopic (exact) mass is 345 g/mol. The molecule has 0 amide bonds. The van der Waals surface area contributed by atoms with Gasteiger partial charge < -0.3 is 9.55 Å².